The van der Waals surface area contributed by atoms with Crippen LogP contribution in [0.15, 0.2) is 36.5 Å². The normalized spacial score (nSPS) is 21.5. The van der Waals surface area contributed by atoms with Gasteiger partial charge in [-0.1, -0.05) is 0 Å². The Morgan fingerprint density at radius 1 is 1.09 bits per heavy atom. The van der Waals surface area contributed by atoms with E-state index in [1.165, 1.54) is 6.07 Å². The number of ether oxygens (including phenoxy) is 1. The molecule has 2 fully saturated rings. The van der Waals surface area contributed by atoms with Gasteiger partial charge in [0.1, 0.15) is 0 Å². The van der Waals surface area contributed by atoms with E-state index in [-0.39, 0.29) is 17.8 Å². The van der Waals surface area contributed by atoms with Crippen LogP contribution in [0.1, 0.15) is 48.8 Å². The van der Waals surface area contributed by atoms with Crippen LogP contribution in [0.4, 0.5) is 8.78 Å². The molecule has 2 aliphatic rings. The molecule has 8 heteroatoms. The van der Waals surface area contributed by atoms with Crippen LogP contribution in [0, 0.1) is 17.6 Å². The van der Waals surface area contributed by atoms with E-state index in [0.717, 1.165) is 52.0 Å². The van der Waals surface area contributed by atoms with Crippen LogP contribution >= 0.6 is 0 Å². The van der Waals surface area contributed by atoms with E-state index in [4.69, 9.17) is 4.74 Å². The number of hydrogen-bond acceptors (Lipinski definition) is 3. The van der Waals surface area contributed by atoms with E-state index in [9.17, 15) is 18.7 Å². The van der Waals surface area contributed by atoms with Crippen molar-refractivity contribution in [3.05, 3.63) is 59.4 Å². The molecule has 1 aliphatic carbocycles. The van der Waals surface area contributed by atoms with E-state index in [2.05, 4.69) is 16.3 Å². The second-order valence-electron chi connectivity index (χ2n) is 9.15. The fourth-order valence-corrected chi connectivity index (χ4v) is 5.53. The van der Waals surface area contributed by atoms with Crippen molar-refractivity contribution >= 4 is 27.8 Å². The third-order valence-corrected chi connectivity index (χ3v) is 7.27. The van der Waals surface area contributed by atoms with Crippen molar-refractivity contribution in [1.82, 2.24) is 14.8 Å². The van der Waals surface area contributed by atoms with E-state index in [1.54, 1.807) is 12.3 Å². The molecule has 4 aromatic rings. The molecule has 2 N–H and O–H groups in total. The molecule has 170 valence electrons. The summed E-state index contributed by atoms with van der Waals surface area (Å²) in [5.74, 6) is -2.63. The minimum atomic E-state index is -0.896. The molecule has 1 aliphatic heterocycles. The number of carbonyl (C=O) groups is 1. The fourth-order valence-electron chi connectivity index (χ4n) is 5.53. The van der Waals surface area contributed by atoms with Crippen LogP contribution in [0.5, 0.6) is 0 Å². The number of aromatic amines is 1. The molecular formula is C25H23F2N3O3. The monoisotopic (exact) mass is 451 g/mol. The highest BCUT2D eigenvalue weighted by Gasteiger charge is 2.40. The molecule has 1 saturated carbocycles. The highest BCUT2D eigenvalue weighted by molar-refractivity contribution is 5.99. The van der Waals surface area contributed by atoms with Gasteiger partial charge < -0.3 is 14.4 Å². The van der Waals surface area contributed by atoms with Gasteiger partial charge in [-0.15, -0.1) is 0 Å². The Morgan fingerprint density at radius 2 is 1.88 bits per heavy atom. The Balaban J connectivity index is 1.65. The summed E-state index contributed by atoms with van der Waals surface area (Å²) in [4.78, 5) is 11.5. The molecule has 3 heterocycles. The average Bonchev–Trinajstić information content (AvgIpc) is 3.36. The lowest BCUT2D eigenvalue weighted by Crippen LogP contribution is -2.30. The fraction of sp³-hybridized carbons (Fsp3) is 0.360. The number of H-pyrrole nitrogens is 1. The molecular weight excluding hydrogens is 428 g/mol. The Kier molecular flexibility index (Phi) is 4.72. The van der Waals surface area contributed by atoms with Crippen molar-refractivity contribution in [2.24, 2.45) is 5.92 Å². The van der Waals surface area contributed by atoms with Crippen LogP contribution in [0.25, 0.3) is 27.5 Å². The minimum Gasteiger partial charge on any atom is -0.481 e. The predicted octanol–water partition coefficient (Wildman–Crippen LogP) is 5.26. The third-order valence-electron chi connectivity index (χ3n) is 7.27. The smallest absolute Gasteiger partial charge is 0.306 e. The molecule has 2 aromatic carbocycles. The highest BCUT2D eigenvalue weighted by atomic mass is 19.2. The number of aromatic nitrogens is 3. The van der Waals surface area contributed by atoms with Crippen molar-refractivity contribution < 1.29 is 23.4 Å². The third kappa shape index (κ3) is 3.23. The van der Waals surface area contributed by atoms with Crippen molar-refractivity contribution in [1.29, 1.82) is 0 Å². The molecule has 33 heavy (non-hydrogen) atoms. The van der Waals surface area contributed by atoms with Gasteiger partial charge in [0.2, 0.25) is 0 Å². The summed E-state index contributed by atoms with van der Waals surface area (Å²) in [6, 6.07) is 8.08. The van der Waals surface area contributed by atoms with Crippen molar-refractivity contribution in [3.8, 4) is 5.69 Å². The van der Waals surface area contributed by atoms with Gasteiger partial charge in [0.25, 0.3) is 0 Å². The van der Waals surface area contributed by atoms with Gasteiger partial charge >= 0.3 is 5.97 Å². The van der Waals surface area contributed by atoms with Gasteiger partial charge in [0.15, 0.2) is 11.6 Å². The first kappa shape index (κ1) is 20.4. The standard InChI is InChI=1S/C25H23F2N3O3/c26-19-2-1-17(10-20(19)27)30-22-9-16-12-28-29-21(16)11-18(22)23(14-7-15(8-14)25(31)32)24(30)13-3-5-33-6-4-13/h1-2,9-15H,3-8H2,(H,28,29)(H,31,32). The van der Waals surface area contributed by atoms with Gasteiger partial charge in [-0.3, -0.25) is 9.89 Å². The number of nitrogens with one attached hydrogen (secondary N) is 1. The van der Waals surface area contributed by atoms with E-state index < -0.39 is 17.6 Å². The van der Waals surface area contributed by atoms with Crippen LogP contribution < -0.4 is 0 Å². The molecule has 0 spiro atoms. The first-order valence-electron chi connectivity index (χ1n) is 11.3. The number of carboxylic acid groups (broad SMARTS) is 1. The second kappa shape index (κ2) is 7.66. The number of carboxylic acids is 1. The number of fused-ring (bicyclic) bond motifs is 2. The van der Waals surface area contributed by atoms with Gasteiger partial charge in [-0.25, -0.2) is 8.78 Å². The van der Waals surface area contributed by atoms with Crippen molar-refractivity contribution in [3.63, 3.8) is 0 Å². The molecule has 0 bridgehead atoms. The number of benzene rings is 2. The Morgan fingerprint density at radius 3 is 2.61 bits per heavy atom. The van der Waals surface area contributed by atoms with Crippen molar-refractivity contribution in [2.45, 2.75) is 37.5 Å². The highest BCUT2D eigenvalue weighted by Crippen LogP contribution is 2.50. The summed E-state index contributed by atoms with van der Waals surface area (Å²) in [5.41, 5.74) is 4.52. The summed E-state index contributed by atoms with van der Waals surface area (Å²) < 4.78 is 35.8. The maximum absolute atomic E-state index is 14.3. The lowest BCUT2D eigenvalue weighted by atomic mass is 9.69. The van der Waals surface area contributed by atoms with Gasteiger partial charge in [-0.2, -0.15) is 5.10 Å². The zero-order valence-corrected chi connectivity index (χ0v) is 17.9. The molecule has 6 rings (SSSR count). The first-order chi connectivity index (χ1) is 16.0. The predicted molar refractivity (Wildman–Crippen MR) is 119 cm³/mol. The number of halogens is 2. The first-order valence-corrected chi connectivity index (χ1v) is 11.3. The van der Waals surface area contributed by atoms with E-state index in [1.807, 2.05) is 10.6 Å². The van der Waals surface area contributed by atoms with Crippen LogP contribution in [0.2, 0.25) is 0 Å². The van der Waals surface area contributed by atoms with Gasteiger partial charge in [0.05, 0.1) is 23.1 Å². The lowest BCUT2D eigenvalue weighted by molar-refractivity contribution is -0.145. The zero-order chi connectivity index (χ0) is 22.7. The molecule has 0 radical (unpaired) electrons. The maximum atomic E-state index is 14.3. The number of aliphatic carboxylic acids is 1. The summed E-state index contributed by atoms with van der Waals surface area (Å²) >= 11 is 0. The van der Waals surface area contributed by atoms with E-state index in [0.29, 0.717) is 31.7 Å². The van der Waals surface area contributed by atoms with Gasteiger partial charge in [0, 0.05) is 47.4 Å². The van der Waals surface area contributed by atoms with E-state index >= 15 is 0 Å². The Hall–Kier alpha value is -3.26. The second-order valence-corrected chi connectivity index (χ2v) is 9.15. The number of hydrogen-bond donors (Lipinski definition) is 2. The van der Waals surface area contributed by atoms with Crippen molar-refractivity contribution in [2.75, 3.05) is 13.2 Å². The Bertz CT molecular complexity index is 1380. The summed E-state index contributed by atoms with van der Waals surface area (Å²) in [6.07, 6.45) is 4.53. The maximum Gasteiger partial charge on any atom is 0.306 e. The Labute approximate surface area is 188 Å². The molecule has 1 saturated heterocycles. The molecule has 0 unspecified atom stereocenters. The molecule has 0 amide bonds. The van der Waals surface area contributed by atoms with Crippen LogP contribution in [-0.2, 0) is 9.53 Å². The number of nitrogens with zero attached hydrogens (tertiary/aromatic N) is 2. The van der Waals surface area contributed by atoms with Crippen LogP contribution in [0.3, 0.4) is 0 Å². The SMILES string of the molecule is O=C(O)C1CC(c2c(C3CCOCC3)n(-c3ccc(F)c(F)c3)c3cc4cn[nH]c4cc23)C1. The number of rotatable bonds is 4. The quantitative estimate of drug-likeness (QED) is 0.444. The molecule has 0 atom stereocenters. The summed E-state index contributed by atoms with van der Waals surface area (Å²) in [6.45, 7) is 1.27. The zero-order valence-electron chi connectivity index (χ0n) is 17.9. The van der Waals surface area contributed by atoms with Gasteiger partial charge in [-0.05, 0) is 61.4 Å². The topological polar surface area (TPSA) is 80.1 Å². The van der Waals surface area contributed by atoms with Crippen LogP contribution in [-0.4, -0.2) is 39.1 Å². The molecule has 6 nitrogen and oxygen atoms in total. The summed E-state index contributed by atoms with van der Waals surface area (Å²) in [5, 5.41) is 18.6. The molecule has 2 aromatic heterocycles. The summed E-state index contributed by atoms with van der Waals surface area (Å²) in [7, 11) is 0. The lowest BCUT2D eigenvalue weighted by Gasteiger charge is -2.35. The largest absolute Gasteiger partial charge is 0.481 e. The average molecular weight is 451 g/mol. The minimum absolute atomic E-state index is 0.0957.